The molecule has 0 fully saturated rings. The summed E-state index contributed by atoms with van der Waals surface area (Å²) in [5.41, 5.74) is 2.05. The van der Waals surface area contributed by atoms with Crippen molar-refractivity contribution < 1.29 is 18.3 Å². The highest BCUT2D eigenvalue weighted by atomic mass is 19.2. The summed E-state index contributed by atoms with van der Waals surface area (Å²) < 4.78 is 33.3. The van der Waals surface area contributed by atoms with Crippen molar-refractivity contribution in [3.8, 4) is 5.75 Å². The summed E-state index contributed by atoms with van der Waals surface area (Å²) >= 11 is 0. The van der Waals surface area contributed by atoms with E-state index in [-0.39, 0.29) is 17.8 Å². The van der Waals surface area contributed by atoms with Crippen molar-refractivity contribution in [2.75, 3.05) is 12.4 Å². The second-order valence-electron chi connectivity index (χ2n) is 7.65. The molecular weight excluding hydrogens is 426 g/mol. The molecular formula is C26H22F2N2O3. The van der Waals surface area contributed by atoms with Gasteiger partial charge >= 0.3 is 0 Å². The number of rotatable bonds is 7. The minimum absolute atomic E-state index is 0.106. The Labute approximate surface area is 189 Å². The first kappa shape index (κ1) is 22.2. The van der Waals surface area contributed by atoms with E-state index in [9.17, 15) is 18.4 Å². The number of ether oxygens (including phenoxy) is 1. The number of anilines is 1. The van der Waals surface area contributed by atoms with Crippen LogP contribution in [0.2, 0.25) is 0 Å². The Morgan fingerprint density at radius 2 is 1.73 bits per heavy atom. The molecule has 1 heterocycles. The molecule has 0 aliphatic carbocycles. The molecule has 3 aromatic carbocycles. The van der Waals surface area contributed by atoms with Crippen LogP contribution in [0.25, 0.3) is 10.9 Å². The molecule has 0 radical (unpaired) electrons. The summed E-state index contributed by atoms with van der Waals surface area (Å²) in [6.45, 7) is -0.291. The smallest absolute Gasteiger partial charge is 0.254 e. The molecule has 0 saturated heterocycles. The summed E-state index contributed by atoms with van der Waals surface area (Å²) in [5.74, 6) is -2.06. The minimum atomic E-state index is -1.07. The highest BCUT2D eigenvalue weighted by molar-refractivity contribution is 5.92. The monoisotopic (exact) mass is 448 g/mol. The Morgan fingerprint density at radius 1 is 0.939 bits per heavy atom. The lowest BCUT2D eigenvalue weighted by Crippen LogP contribution is -2.30. The standard InChI is InChI=1S/C26H22F2N2O3/c1-33-21-11-9-18-13-19(8-7-17-5-3-2-4-6-17)26(32)30(24(18)15-21)16-25(31)29-20-10-12-22(27)23(28)14-20/h2-6,9-15H,7-8,16H2,1H3,(H,29,31). The maximum absolute atomic E-state index is 13.5. The number of benzene rings is 3. The lowest BCUT2D eigenvalue weighted by molar-refractivity contribution is -0.116. The molecule has 0 aliphatic heterocycles. The lowest BCUT2D eigenvalue weighted by Gasteiger charge is -2.14. The van der Waals surface area contributed by atoms with Crippen LogP contribution in [0, 0.1) is 11.6 Å². The number of hydrogen-bond donors (Lipinski definition) is 1. The number of methoxy groups -OCH3 is 1. The zero-order valence-electron chi connectivity index (χ0n) is 18.0. The molecule has 4 rings (SSSR count). The number of halogens is 2. The molecule has 168 valence electrons. The Bertz CT molecular complexity index is 1370. The van der Waals surface area contributed by atoms with Gasteiger partial charge in [-0.2, -0.15) is 0 Å². The van der Waals surface area contributed by atoms with Crippen LogP contribution >= 0.6 is 0 Å². The number of nitrogens with zero attached hydrogens (tertiary/aromatic N) is 1. The van der Waals surface area contributed by atoms with Crippen molar-refractivity contribution >= 4 is 22.5 Å². The maximum atomic E-state index is 13.5. The number of carbonyl (C=O) groups is 1. The topological polar surface area (TPSA) is 60.3 Å². The molecule has 0 bridgehead atoms. The van der Waals surface area contributed by atoms with E-state index in [1.165, 1.54) is 17.7 Å². The van der Waals surface area contributed by atoms with Gasteiger partial charge in [-0.1, -0.05) is 30.3 Å². The molecule has 5 nitrogen and oxygen atoms in total. The normalized spacial score (nSPS) is 10.9. The Hall–Kier alpha value is -4.00. The van der Waals surface area contributed by atoms with E-state index in [4.69, 9.17) is 4.74 Å². The molecule has 0 aliphatic rings. The highest BCUT2D eigenvalue weighted by Crippen LogP contribution is 2.21. The van der Waals surface area contributed by atoms with Crippen molar-refractivity contribution in [3.05, 3.63) is 106 Å². The van der Waals surface area contributed by atoms with Crippen LogP contribution in [0.1, 0.15) is 11.1 Å². The number of pyridine rings is 1. The molecule has 33 heavy (non-hydrogen) atoms. The maximum Gasteiger partial charge on any atom is 0.254 e. The highest BCUT2D eigenvalue weighted by Gasteiger charge is 2.14. The molecule has 4 aromatic rings. The SMILES string of the molecule is COc1ccc2cc(CCc3ccccc3)c(=O)n(CC(=O)Nc3ccc(F)c(F)c3)c2c1. The molecule has 1 aromatic heterocycles. The van der Waals surface area contributed by atoms with Gasteiger partial charge in [0.25, 0.3) is 5.56 Å². The van der Waals surface area contributed by atoms with Crippen LogP contribution in [-0.4, -0.2) is 17.6 Å². The second-order valence-corrected chi connectivity index (χ2v) is 7.65. The van der Waals surface area contributed by atoms with Gasteiger partial charge in [-0.3, -0.25) is 14.2 Å². The van der Waals surface area contributed by atoms with Gasteiger partial charge in [0.05, 0.1) is 12.6 Å². The van der Waals surface area contributed by atoms with Crippen LogP contribution in [0.5, 0.6) is 5.75 Å². The fourth-order valence-electron chi connectivity index (χ4n) is 3.72. The summed E-state index contributed by atoms with van der Waals surface area (Å²) in [5, 5.41) is 3.31. The van der Waals surface area contributed by atoms with E-state index in [2.05, 4.69) is 5.32 Å². The third-order valence-electron chi connectivity index (χ3n) is 5.41. The molecule has 7 heteroatoms. The predicted molar refractivity (Wildman–Crippen MR) is 124 cm³/mol. The van der Waals surface area contributed by atoms with E-state index in [0.717, 1.165) is 23.1 Å². The van der Waals surface area contributed by atoms with Crippen molar-refractivity contribution in [1.29, 1.82) is 0 Å². The Morgan fingerprint density at radius 3 is 2.45 bits per heavy atom. The van der Waals surface area contributed by atoms with E-state index < -0.39 is 17.5 Å². The lowest BCUT2D eigenvalue weighted by atomic mass is 10.0. The summed E-state index contributed by atoms with van der Waals surface area (Å²) in [4.78, 5) is 26.0. The molecule has 0 spiro atoms. The minimum Gasteiger partial charge on any atom is -0.497 e. The largest absolute Gasteiger partial charge is 0.497 e. The van der Waals surface area contributed by atoms with Gasteiger partial charge in [0.15, 0.2) is 11.6 Å². The van der Waals surface area contributed by atoms with Gasteiger partial charge in [-0.25, -0.2) is 8.78 Å². The number of amides is 1. The number of aromatic nitrogens is 1. The van der Waals surface area contributed by atoms with Gasteiger partial charge < -0.3 is 10.1 Å². The number of fused-ring (bicyclic) bond motifs is 1. The predicted octanol–water partition coefficient (Wildman–Crippen LogP) is 4.71. The third-order valence-corrected chi connectivity index (χ3v) is 5.41. The Kier molecular flexibility index (Phi) is 6.49. The Balaban J connectivity index is 1.67. The van der Waals surface area contributed by atoms with Gasteiger partial charge in [-0.05, 0) is 54.1 Å². The summed E-state index contributed by atoms with van der Waals surface area (Å²) in [7, 11) is 1.52. The number of nitrogens with one attached hydrogen (secondary N) is 1. The van der Waals surface area contributed by atoms with Crippen molar-refractivity contribution in [2.45, 2.75) is 19.4 Å². The quantitative estimate of drug-likeness (QED) is 0.445. The van der Waals surface area contributed by atoms with Crippen LogP contribution in [-0.2, 0) is 24.2 Å². The van der Waals surface area contributed by atoms with Crippen LogP contribution in [0.15, 0.2) is 77.6 Å². The number of aryl methyl sites for hydroxylation is 2. The first-order valence-corrected chi connectivity index (χ1v) is 10.4. The zero-order chi connectivity index (χ0) is 23.4. The van der Waals surface area contributed by atoms with E-state index in [0.29, 0.717) is 29.7 Å². The summed E-state index contributed by atoms with van der Waals surface area (Å²) in [6, 6.07) is 20.1. The van der Waals surface area contributed by atoms with Crippen molar-refractivity contribution in [3.63, 3.8) is 0 Å². The van der Waals surface area contributed by atoms with Gasteiger partial charge in [0.2, 0.25) is 5.91 Å². The fraction of sp³-hybridized carbons (Fsp3) is 0.154. The van der Waals surface area contributed by atoms with Crippen LogP contribution < -0.4 is 15.6 Å². The van der Waals surface area contributed by atoms with Crippen LogP contribution in [0.3, 0.4) is 0 Å². The molecule has 0 saturated carbocycles. The zero-order valence-corrected chi connectivity index (χ0v) is 18.0. The van der Waals surface area contributed by atoms with Gasteiger partial charge in [0, 0.05) is 23.4 Å². The van der Waals surface area contributed by atoms with E-state index in [1.54, 1.807) is 12.1 Å². The first-order chi connectivity index (χ1) is 15.9. The average Bonchev–Trinajstić information content (AvgIpc) is 2.82. The van der Waals surface area contributed by atoms with Crippen molar-refractivity contribution in [1.82, 2.24) is 4.57 Å². The molecule has 1 N–H and O–H groups in total. The van der Waals surface area contributed by atoms with Gasteiger partial charge in [-0.15, -0.1) is 0 Å². The summed E-state index contributed by atoms with van der Waals surface area (Å²) in [6.07, 6.45) is 1.19. The molecule has 1 amide bonds. The number of carbonyl (C=O) groups excluding carboxylic acids is 1. The third kappa shape index (κ3) is 5.09. The van der Waals surface area contributed by atoms with E-state index >= 15 is 0 Å². The van der Waals surface area contributed by atoms with Crippen LogP contribution in [0.4, 0.5) is 14.5 Å². The fourth-order valence-corrected chi connectivity index (χ4v) is 3.72. The number of hydrogen-bond acceptors (Lipinski definition) is 3. The van der Waals surface area contributed by atoms with Gasteiger partial charge in [0.1, 0.15) is 12.3 Å². The van der Waals surface area contributed by atoms with Crippen molar-refractivity contribution in [2.24, 2.45) is 0 Å². The molecule has 0 unspecified atom stereocenters. The average molecular weight is 448 g/mol. The van der Waals surface area contributed by atoms with E-state index in [1.807, 2.05) is 42.5 Å². The second kappa shape index (κ2) is 9.65. The first-order valence-electron chi connectivity index (χ1n) is 10.4. The molecule has 0 atom stereocenters.